The molecule has 0 radical (unpaired) electrons. The number of benzene rings is 1. The fraction of sp³-hybridized carbons (Fsp3) is 0.400. The molecule has 1 nitrogen and oxygen atoms in total. The third-order valence-corrected chi connectivity index (χ3v) is 1.98. The highest BCUT2D eigenvalue weighted by molar-refractivity contribution is 5.30. The maximum atomic E-state index is 12.5. The summed E-state index contributed by atoms with van der Waals surface area (Å²) in [5.74, 6) is 0.216. The second-order valence-corrected chi connectivity index (χ2v) is 3.56. The average molecular weight is 168 g/mol. The van der Waals surface area contributed by atoms with Crippen molar-refractivity contribution in [2.24, 2.45) is 0 Å². The standard InChI is InChI=1S/C10H13FO/c1-10(2,7-11)8-3-5-9(12)6-4-8/h3-6,12H,7H2,1-2H3. The first-order valence-corrected chi connectivity index (χ1v) is 3.92. The molecule has 0 saturated heterocycles. The second-order valence-electron chi connectivity index (χ2n) is 3.56. The van der Waals surface area contributed by atoms with Gasteiger partial charge in [0.2, 0.25) is 0 Å². The molecule has 0 atom stereocenters. The van der Waals surface area contributed by atoms with Crippen molar-refractivity contribution in [1.82, 2.24) is 0 Å². The zero-order chi connectivity index (χ0) is 9.19. The van der Waals surface area contributed by atoms with Gasteiger partial charge in [0, 0.05) is 5.41 Å². The van der Waals surface area contributed by atoms with E-state index in [1.54, 1.807) is 24.3 Å². The van der Waals surface area contributed by atoms with Crippen molar-refractivity contribution in [2.75, 3.05) is 6.67 Å². The van der Waals surface area contributed by atoms with Gasteiger partial charge in [-0.3, -0.25) is 4.39 Å². The molecule has 0 spiro atoms. The van der Waals surface area contributed by atoms with Crippen LogP contribution in [0.25, 0.3) is 0 Å². The van der Waals surface area contributed by atoms with Gasteiger partial charge in [0.15, 0.2) is 0 Å². The van der Waals surface area contributed by atoms with Crippen LogP contribution in [0.15, 0.2) is 24.3 Å². The van der Waals surface area contributed by atoms with Crippen LogP contribution >= 0.6 is 0 Å². The van der Waals surface area contributed by atoms with Crippen molar-refractivity contribution in [3.05, 3.63) is 29.8 Å². The van der Waals surface area contributed by atoms with Crippen LogP contribution in [0.2, 0.25) is 0 Å². The normalized spacial score (nSPS) is 11.6. The molecular formula is C10H13FO. The van der Waals surface area contributed by atoms with Crippen molar-refractivity contribution >= 4 is 0 Å². The molecule has 0 aliphatic rings. The molecule has 0 fully saturated rings. The van der Waals surface area contributed by atoms with Gasteiger partial charge < -0.3 is 5.11 Å². The summed E-state index contributed by atoms with van der Waals surface area (Å²) >= 11 is 0. The SMILES string of the molecule is CC(C)(CF)c1ccc(O)cc1. The molecule has 0 amide bonds. The Morgan fingerprint density at radius 2 is 1.75 bits per heavy atom. The lowest BCUT2D eigenvalue weighted by molar-refractivity contribution is 0.350. The molecule has 1 N–H and O–H groups in total. The summed E-state index contributed by atoms with van der Waals surface area (Å²) in [6.07, 6.45) is 0. The number of halogens is 1. The first-order valence-electron chi connectivity index (χ1n) is 3.92. The minimum absolute atomic E-state index is 0.216. The minimum Gasteiger partial charge on any atom is -0.508 e. The largest absolute Gasteiger partial charge is 0.508 e. The fourth-order valence-electron chi connectivity index (χ4n) is 0.990. The van der Waals surface area contributed by atoms with E-state index in [9.17, 15) is 4.39 Å². The molecule has 1 aromatic rings. The smallest absolute Gasteiger partial charge is 0.115 e. The van der Waals surface area contributed by atoms with E-state index in [2.05, 4.69) is 0 Å². The first-order chi connectivity index (χ1) is 5.56. The van der Waals surface area contributed by atoms with Crippen LogP contribution in [0.1, 0.15) is 19.4 Å². The summed E-state index contributed by atoms with van der Waals surface area (Å²) < 4.78 is 12.5. The van der Waals surface area contributed by atoms with Crippen LogP contribution < -0.4 is 0 Å². The second kappa shape index (κ2) is 3.13. The number of alkyl halides is 1. The maximum Gasteiger partial charge on any atom is 0.115 e. The summed E-state index contributed by atoms with van der Waals surface area (Å²) in [4.78, 5) is 0. The average Bonchev–Trinajstić information content (AvgIpc) is 2.05. The van der Waals surface area contributed by atoms with Gasteiger partial charge in [0.1, 0.15) is 5.75 Å². The van der Waals surface area contributed by atoms with E-state index in [4.69, 9.17) is 5.11 Å². The van der Waals surface area contributed by atoms with Crippen LogP contribution in [0.4, 0.5) is 4.39 Å². The molecule has 0 heterocycles. The van der Waals surface area contributed by atoms with E-state index < -0.39 is 12.1 Å². The number of hydrogen-bond acceptors (Lipinski definition) is 1. The van der Waals surface area contributed by atoms with Crippen LogP contribution in [-0.2, 0) is 5.41 Å². The molecule has 0 saturated carbocycles. The van der Waals surface area contributed by atoms with Crippen LogP contribution in [-0.4, -0.2) is 11.8 Å². The monoisotopic (exact) mass is 168 g/mol. The summed E-state index contributed by atoms with van der Waals surface area (Å²) in [6.45, 7) is 3.27. The highest BCUT2D eigenvalue weighted by Crippen LogP contribution is 2.24. The Labute approximate surface area is 71.9 Å². The van der Waals surface area contributed by atoms with E-state index in [0.29, 0.717) is 0 Å². The summed E-state index contributed by atoms with van der Waals surface area (Å²) in [6, 6.07) is 6.64. The summed E-state index contributed by atoms with van der Waals surface area (Å²) in [7, 11) is 0. The van der Waals surface area contributed by atoms with Gasteiger partial charge in [0.05, 0.1) is 6.67 Å². The lowest BCUT2D eigenvalue weighted by atomic mass is 9.86. The molecule has 2 heteroatoms. The van der Waals surface area contributed by atoms with Crippen molar-refractivity contribution < 1.29 is 9.50 Å². The van der Waals surface area contributed by atoms with Gasteiger partial charge in [0.25, 0.3) is 0 Å². The number of phenolic OH excluding ortho intramolecular Hbond substituents is 1. The topological polar surface area (TPSA) is 20.2 Å². The van der Waals surface area contributed by atoms with Gasteiger partial charge in [-0.25, -0.2) is 0 Å². The van der Waals surface area contributed by atoms with E-state index in [-0.39, 0.29) is 5.75 Å². The van der Waals surface area contributed by atoms with Gasteiger partial charge in [-0.1, -0.05) is 26.0 Å². The molecule has 1 aromatic carbocycles. The van der Waals surface area contributed by atoms with Gasteiger partial charge in [-0.2, -0.15) is 0 Å². The van der Waals surface area contributed by atoms with Crippen LogP contribution in [0.5, 0.6) is 5.75 Å². The van der Waals surface area contributed by atoms with Gasteiger partial charge in [-0.05, 0) is 17.7 Å². The zero-order valence-electron chi connectivity index (χ0n) is 7.34. The number of rotatable bonds is 2. The predicted octanol–water partition coefficient (Wildman–Crippen LogP) is 2.64. The van der Waals surface area contributed by atoms with Crippen molar-refractivity contribution in [3.63, 3.8) is 0 Å². The molecule has 0 aliphatic carbocycles. The molecule has 0 aromatic heterocycles. The third kappa shape index (κ3) is 1.76. The van der Waals surface area contributed by atoms with E-state index in [1.165, 1.54) is 0 Å². The Morgan fingerprint density at radius 1 is 1.25 bits per heavy atom. The lowest BCUT2D eigenvalue weighted by Gasteiger charge is -2.20. The molecule has 66 valence electrons. The summed E-state index contributed by atoms with van der Waals surface area (Å²) in [5, 5.41) is 9.00. The van der Waals surface area contributed by atoms with Crippen molar-refractivity contribution in [3.8, 4) is 5.75 Å². The van der Waals surface area contributed by atoms with E-state index >= 15 is 0 Å². The van der Waals surface area contributed by atoms with Gasteiger partial charge >= 0.3 is 0 Å². The van der Waals surface area contributed by atoms with Crippen molar-refractivity contribution in [1.29, 1.82) is 0 Å². The third-order valence-electron chi connectivity index (χ3n) is 1.98. The summed E-state index contributed by atoms with van der Waals surface area (Å²) in [5.41, 5.74) is 0.455. The molecule has 0 bridgehead atoms. The quantitative estimate of drug-likeness (QED) is 0.719. The van der Waals surface area contributed by atoms with E-state index in [0.717, 1.165) is 5.56 Å². The Morgan fingerprint density at radius 3 is 2.17 bits per heavy atom. The van der Waals surface area contributed by atoms with Gasteiger partial charge in [-0.15, -0.1) is 0 Å². The molecule has 1 rings (SSSR count). The van der Waals surface area contributed by atoms with E-state index in [1.807, 2.05) is 13.8 Å². The Kier molecular flexibility index (Phi) is 2.36. The van der Waals surface area contributed by atoms with Crippen molar-refractivity contribution in [2.45, 2.75) is 19.3 Å². The fourth-order valence-corrected chi connectivity index (χ4v) is 0.990. The number of hydrogen-bond donors (Lipinski definition) is 1. The highest BCUT2D eigenvalue weighted by Gasteiger charge is 2.19. The molecule has 0 unspecified atom stereocenters. The predicted molar refractivity (Wildman–Crippen MR) is 47.1 cm³/mol. The molecule has 12 heavy (non-hydrogen) atoms. The Hall–Kier alpha value is -1.05. The molecule has 0 aliphatic heterocycles. The Bertz CT molecular complexity index is 251. The number of aromatic hydroxyl groups is 1. The zero-order valence-corrected chi connectivity index (χ0v) is 7.34. The minimum atomic E-state index is -0.451. The van der Waals surface area contributed by atoms with Crippen LogP contribution in [0.3, 0.4) is 0 Å². The first kappa shape index (κ1) is 9.04. The number of phenols is 1. The highest BCUT2D eigenvalue weighted by atomic mass is 19.1. The van der Waals surface area contributed by atoms with Crippen LogP contribution in [0, 0.1) is 0 Å². The Balaban J connectivity index is 2.96. The molecular weight excluding hydrogens is 155 g/mol. The maximum absolute atomic E-state index is 12.5. The lowest BCUT2D eigenvalue weighted by Crippen LogP contribution is -2.19.